The van der Waals surface area contributed by atoms with Crippen LogP contribution in [0, 0.1) is 0 Å². The van der Waals surface area contributed by atoms with E-state index < -0.39 is 0 Å². The van der Waals surface area contributed by atoms with Crippen molar-refractivity contribution in [1.82, 2.24) is 0 Å². The minimum Gasteiger partial charge on any atom is -0.456 e. The quantitative estimate of drug-likeness (QED) is 0.169. The van der Waals surface area contributed by atoms with E-state index in [1.807, 2.05) is 0 Å². The van der Waals surface area contributed by atoms with Gasteiger partial charge in [-0.3, -0.25) is 0 Å². The molecule has 0 unspecified atom stereocenters. The van der Waals surface area contributed by atoms with Crippen molar-refractivity contribution in [3.05, 3.63) is 181 Å². The second-order valence-electron chi connectivity index (χ2n) is 17.4. The van der Waals surface area contributed by atoms with Crippen LogP contribution in [0.15, 0.2) is 179 Å². The number of hydrogen-bond acceptors (Lipinski definition) is 4. The molecule has 0 bridgehead atoms. The maximum atomic E-state index is 7.06. The van der Waals surface area contributed by atoms with E-state index in [1.54, 1.807) is 0 Å². The molecule has 0 saturated heterocycles. The average Bonchev–Trinajstić information content (AvgIpc) is 3.76. The Kier molecular flexibility index (Phi) is 8.24. The minimum atomic E-state index is -0.226. The second kappa shape index (κ2) is 13.4. The Hall–Kier alpha value is -6.78. The van der Waals surface area contributed by atoms with Gasteiger partial charge in [0.05, 0.1) is 0 Å². The fourth-order valence-electron chi connectivity index (χ4n) is 8.94. The van der Waals surface area contributed by atoms with Crippen molar-refractivity contribution in [2.45, 2.75) is 52.4 Å². The van der Waals surface area contributed by atoms with Crippen LogP contribution < -0.4 is 9.80 Å². The third kappa shape index (κ3) is 5.90. The number of anilines is 6. The largest absolute Gasteiger partial charge is 0.456 e. The van der Waals surface area contributed by atoms with Gasteiger partial charge in [-0.15, -0.1) is 0 Å². The lowest BCUT2D eigenvalue weighted by Gasteiger charge is -2.26. The molecule has 0 aliphatic rings. The molecule has 10 aromatic rings. The van der Waals surface area contributed by atoms with Crippen LogP contribution >= 0.6 is 0 Å². The van der Waals surface area contributed by atoms with Gasteiger partial charge in [-0.1, -0.05) is 114 Å². The predicted molar refractivity (Wildman–Crippen MR) is 245 cm³/mol. The van der Waals surface area contributed by atoms with Gasteiger partial charge in [0.1, 0.15) is 22.3 Å². The molecule has 2 heterocycles. The van der Waals surface area contributed by atoms with Gasteiger partial charge in [-0.2, -0.15) is 0 Å². The number of para-hydroxylation sites is 4. The third-order valence-electron chi connectivity index (χ3n) is 11.4. The number of hydrogen-bond donors (Lipinski definition) is 0. The van der Waals surface area contributed by atoms with Crippen LogP contribution in [-0.2, 0) is 10.8 Å². The molecule has 0 saturated carbocycles. The number of rotatable bonds is 6. The summed E-state index contributed by atoms with van der Waals surface area (Å²) in [5, 5.41) is 6.85. The van der Waals surface area contributed by atoms with Crippen LogP contribution in [0.2, 0.25) is 0 Å². The van der Waals surface area contributed by atoms with Crippen molar-refractivity contribution in [2.75, 3.05) is 9.80 Å². The summed E-state index contributed by atoms with van der Waals surface area (Å²) in [6.45, 7) is 13.8. The van der Waals surface area contributed by atoms with Crippen LogP contribution in [0.4, 0.5) is 34.1 Å². The fraction of sp³-hybridized carbons (Fsp3) is 0.148. The predicted octanol–water partition coefficient (Wildman–Crippen LogP) is 16.2. The van der Waals surface area contributed by atoms with E-state index in [-0.39, 0.29) is 10.8 Å². The summed E-state index contributed by atoms with van der Waals surface area (Å²) in [4.78, 5) is 4.57. The molecule has 284 valence electrons. The minimum absolute atomic E-state index is 0.226. The van der Waals surface area contributed by atoms with Crippen molar-refractivity contribution in [2.24, 2.45) is 0 Å². The van der Waals surface area contributed by atoms with Crippen LogP contribution in [-0.4, -0.2) is 0 Å². The SMILES string of the molecule is CC(C)(C)c1c2cc3c(oc4cc(N(c5ccccc5)c5ccccc5)ccc43)c(C(C)(C)C)c2cc2c1oc1cc(N(c3ccccc3)c3ccccc3)ccc12. The molecule has 8 aromatic carbocycles. The van der Waals surface area contributed by atoms with Gasteiger partial charge in [-0.25, -0.2) is 0 Å². The number of benzene rings is 8. The molecule has 0 aliphatic carbocycles. The lowest BCUT2D eigenvalue weighted by molar-refractivity contribution is 0.573. The zero-order valence-electron chi connectivity index (χ0n) is 33.9. The van der Waals surface area contributed by atoms with Crippen LogP contribution in [0.1, 0.15) is 52.7 Å². The summed E-state index contributed by atoms with van der Waals surface area (Å²) in [7, 11) is 0. The molecule has 58 heavy (non-hydrogen) atoms. The van der Waals surface area contributed by atoms with Gasteiger partial charge in [0.2, 0.25) is 0 Å². The maximum absolute atomic E-state index is 7.06. The van der Waals surface area contributed by atoms with Gasteiger partial charge < -0.3 is 18.6 Å². The van der Waals surface area contributed by atoms with E-state index in [0.29, 0.717) is 0 Å². The van der Waals surface area contributed by atoms with Crippen molar-refractivity contribution < 1.29 is 8.83 Å². The molecular formula is C54H46N2O2. The highest BCUT2D eigenvalue weighted by atomic mass is 16.3. The molecule has 0 spiro atoms. The lowest BCUT2D eigenvalue weighted by atomic mass is 9.77. The first kappa shape index (κ1) is 35.6. The van der Waals surface area contributed by atoms with Gasteiger partial charge >= 0.3 is 0 Å². The van der Waals surface area contributed by atoms with E-state index in [9.17, 15) is 0 Å². The highest BCUT2D eigenvalue weighted by Gasteiger charge is 2.31. The molecule has 4 heteroatoms. The van der Waals surface area contributed by atoms with E-state index in [0.717, 1.165) is 78.0 Å². The molecule has 0 atom stereocenters. The first-order chi connectivity index (χ1) is 28.0. The molecular weight excluding hydrogens is 709 g/mol. The standard InChI is InChI=1S/C54H46N2O2/c1-53(2,3)49-43-33-46-42-30-28-40(56(37-23-15-9-16-24-37)38-25-17-10-18-26-38)32-48(42)58-52(46)50(54(4,5)6)44(43)34-45-41-29-27-39(31-47(41)57-51(45)49)55(35-19-11-7-12-20-35)36-21-13-8-14-22-36/h7-34H,1-6H3. The van der Waals surface area contributed by atoms with Crippen molar-refractivity contribution >= 4 is 88.8 Å². The van der Waals surface area contributed by atoms with E-state index >= 15 is 0 Å². The van der Waals surface area contributed by atoms with E-state index in [1.165, 1.54) is 21.9 Å². The average molecular weight is 755 g/mol. The van der Waals surface area contributed by atoms with Crippen LogP contribution in [0.5, 0.6) is 0 Å². The summed E-state index contributed by atoms with van der Waals surface area (Å²) in [5.41, 5.74) is 12.0. The van der Waals surface area contributed by atoms with Gasteiger partial charge in [0, 0.05) is 78.9 Å². The first-order valence-corrected chi connectivity index (χ1v) is 20.2. The van der Waals surface area contributed by atoms with Crippen molar-refractivity contribution in [1.29, 1.82) is 0 Å². The Labute approximate surface area is 339 Å². The Morgan fingerprint density at radius 3 is 0.914 bits per heavy atom. The number of nitrogens with zero attached hydrogens (tertiary/aromatic N) is 2. The lowest BCUT2D eigenvalue weighted by Crippen LogP contribution is -2.15. The Morgan fingerprint density at radius 1 is 0.310 bits per heavy atom. The Morgan fingerprint density at radius 2 is 0.621 bits per heavy atom. The molecule has 10 rings (SSSR count). The zero-order valence-corrected chi connectivity index (χ0v) is 33.9. The molecule has 0 aliphatic heterocycles. The summed E-state index contributed by atoms with van der Waals surface area (Å²) in [6, 6.07) is 60.1. The van der Waals surface area contributed by atoms with Gasteiger partial charge in [0.15, 0.2) is 0 Å². The Balaban J connectivity index is 1.22. The topological polar surface area (TPSA) is 32.8 Å². The van der Waals surface area contributed by atoms with Gasteiger partial charge in [0.25, 0.3) is 0 Å². The van der Waals surface area contributed by atoms with Crippen LogP contribution in [0.3, 0.4) is 0 Å². The molecule has 0 radical (unpaired) electrons. The Bertz CT molecular complexity index is 2820. The smallest absolute Gasteiger partial charge is 0.139 e. The van der Waals surface area contributed by atoms with Crippen molar-refractivity contribution in [3.8, 4) is 0 Å². The fourth-order valence-corrected chi connectivity index (χ4v) is 8.94. The van der Waals surface area contributed by atoms with Gasteiger partial charge in [-0.05, 0) is 107 Å². The number of fused-ring (bicyclic) bond motifs is 7. The van der Waals surface area contributed by atoms with Crippen molar-refractivity contribution in [3.63, 3.8) is 0 Å². The van der Waals surface area contributed by atoms with E-state index in [2.05, 4.69) is 221 Å². The first-order valence-electron chi connectivity index (χ1n) is 20.2. The normalized spacial score (nSPS) is 12.3. The summed E-state index contributed by atoms with van der Waals surface area (Å²) < 4.78 is 14.1. The summed E-state index contributed by atoms with van der Waals surface area (Å²) >= 11 is 0. The summed E-state index contributed by atoms with van der Waals surface area (Å²) in [5.74, 6) is 0. The maximum Gasteiger partial charge on any atom is 0.139 e. The van der Waals surface area contributed by atoms with Crippen LogP contribution in [0.25, 0.3) is 54.6 Å². The molecule has 0 fully saturated rings. The third-order valence-corrected chi connectivity index (χ3v) is 11.4. The highest BCUT2D eigenvalue weighted by molar-refractivity contribution is 6.19. The molecule has 4 nitrogen and oxygen atoms in total. The zero-order chi connectivity index (χ0) is 39.8. The van der Waals surface area contributed by atoms with E-state index in [4.69, 9.17) is 8.83 Å². The summed E-state index contributed by atoms with van der Waals surface area (Å²) in [6.07, 6.45) is 0. The molecule has 0 N–H and O–H groups in total. The molecule has 2 aromatic heterocycles. The number of furan rings is 2. The molecule has 0 amide bonds. The highest BCUT2D eigenvalue weighted by Crippen LogP contribution is 2.49. The second-order valence-corrected chi connectivity index (χ2v) is 17.4. The monoisotopic (exact) mass is 754 g/mol.